The zero-order valence-electron chi connectivity index (χ0n) is 9.51. The first-order valence-corrected chi connectivity index (χ1v) is 6.39. The molecule has 0 atom stereocenters. The van der Waals surface area contributed by atoms with Crippen LogP contribution in [0.2, 0.25) is 0 Å². The van der Waals surface area contributed by atoms with Crippen molar-refractivity contribution in [2.75, 3.05) is 0 Å². The first kappa shape index (κ1) is 11.2. The Morgan fingerprint density at radius 1 is 0.889 bits per heavy atom. The summed E-state index contributed by atoms with van der Waals surface area (Å²) in [5.74, 6) is 0.794. The molecule has 3 heteroatoms. The Hall–Kier alpha value is -1.87. The lowest BCUT2D eigenvalue weighted by molar-refractivity contribution is 0.572. The van der Waals surface area contributed by atoms with Gasteiger partial charge in [0.2, 0.25) is 0 Å². The Balaban J connectivity index is 2.16. The van der Waals surface area contributed by atoms with Crippen LogP contribution in [0.25, 0.3) is 22.6 Å². The second-order valence-corrected chi connectivity index (χ2v) is 4.73. The van der Waals surface area contributed by atoms with Gasteiger partial charge in [0.05, 0.1) is 0 Å². The fourth-order valence-electron chi connectivity index (χ4n) is 1.89. The van der Waals surface area contributed by atoms with Crippen molar-refractivity contribution in [3.8, 4) is 22.6 Å². The van der Waals surface area contributed by atoms with Gasteiger partial charge in [0.1, 0.15) is 5.69 Å². The molecule has 0 aliphatic rings. The fraction of sp³-hybridized carbons (Fsp3) is 0. The zero-order chi connectivity index (χ0) is 12.4. The first-order valence-electron chi connectivity index (χ1n) is 5.60. The number of hydrogen-bond donors (Lipinski definition) is 0. The predicted octanol–water partition coefficient (Wildman–Crippen LogP) is 4.77. The molecular weight excluding hydrogens is 290 g/mol. The molecule has 0 spiro atoms. The molecule has 0 aliphatic heterocycles. The topological polar surface area (TPSA) is 26.0 Å². The molecule has 0 radical (unpaired) electrons. The average molecular weight is 300 g/mol. The summed E-state index contributed by atoms with van der Waals surface area (Å²) in [7, 11) is 0. The molecule has 1 aromatic heterocycles. The van der Waals surface area contributed by atoms with E-state index >= 15 is 0 Å². The summed E-state index contributed by atoms with van der Waals surface area (Å²) >= 11 is 3.54. The van der Waals surface area contributed by atoms with Gasteiger partial charge in [-0.05, 0) is 6.07 Å². The van der Waals surface area contributed by atoms with E-state index in [-0.39, 0.29) is 0 Å². The number of hydrogen-bond acceptors (Lipinski definition) is 2. The van der Waals surface area contributed by atoms with E-state index in [4.69, 9.17) is 4.42 Å². The van der Waals surface area contributed by atoms with Gasteiger partial charge in [0.15, 0.2) is 12.2 Å². The maximum atomic E-state index is 5.53. The molecule has 3 rings (SSSR count). The number of halogens is 1. The molecule has 0 unspecified atom stereocenters. The van der Waals surface area contributed by atoms with Gasteiger partial charge in [-0.1, -0.05) is 64.5 Å². The lowest BCUT2D eigenvalue weighted by Gasteiger charge is -2.03. The van der Waals surface area contributed by atoms with E-state index in [1.165, 1.54) is 6.39 Å². The highest BCUT2D eigenvalue weighted by Crippen LogP contribution is 2.34. The highest BCUT2D eigenvalue weighted by molar-refractivity contribution is 9.10. The third-order valence-electron chi connectivity index (χ3n) is 2.73. The minimum absolute atomic E-state index is 0.794. The first-order chi connectivity index (χ1) is 8.86. The van der Waals surface area contributed by atoms with Gasteiger partial charge in [-0.25, -0.2) is 4.98 Å². The van der Waals surface area contributed by atoms with Gasteiger partial charge in [-0.2, -0.15) is 0 Å². The molecule has 0 saturated carbocycles. The highest BCUT2D eigenvalue weighted by atomic mass is 79.9. The Labute approximate surface area is 113 Å². The summed E-state index contributed by atoms with van der Waals surface area (Å²) < 4.78 is 6.54. The number of rotatable bonds is 2. The highest BCUT2D eigenvalue weighted by Gasteiger charge is 2.14. The van der Waals surface area contributed by atoms with Gasteiger partial charge >= 0.3 is 0 Å². The largest absolute Gasteiger partial charge is 0.443 e. The van der Waals surface area contributed by atoms with Crippen LogP contribution in [-0.4, -0.2) is 4.98 Å². The predicted molar refractivity (Wildman–Crippen MR) is 75.1 cm³/mol. The summed E-state index contributed by atoms with van der Waals surface area (Å²) in [4.78, 5) is 4.33. The summed E-state index contributed by atoms with van der Waals surface area (Å²) in [5.41, 5.74) is 2.92. The second-order valence-electron chi connectivity index (χ2n) is 3.88. The summed E-state index contributed by atoms with van der Waals surface area (Å²) in [6.45, 7) is 0. The van der Waals surface area contributed by atoms with Crippen LogP contribution in [0.3, 0.4) is 0 Å². The zero-order valence-corrected chi connectivity index (χ0v) is 11.1. The number of nitrogens with zero attached hydrogens (tertiary/aromatic N) is 1. The van der Waals surface area contributed by atoms with Crippen LogP contribution in [-0.2, 0) is 0 Å². The number of benzene rings is 2. The third kappa shape index (κ3) is 1.97. The van der Waals surface area contributed by atoms with E-state index in [0.29, 0.717) is 0 Å². The molecule has 0 N–H and O–H groups in total. The molecule has 2 nitrogen and oxygen atoms in total. The van der Waals surface area contributed by atoms with Crippen molar-refractivity contribution in [1.82, 2.24) is 4.98 Å². The molecular formula is C15H10BrNO. The molecule has 2 aromatic carbocycles. The van der Waals surface area contributed by atoms with Crippen LogP contribution >= 0.6 is 15.9 Å². The smallest absolute Gasteiger partial charge is 0.182 e. The summed E-state index contributed by atoms with van der Waals surface area (Å²) in [6.07, 6.45) is 1.48. The molecule has 1 heterocycles. The third-order valence-corrected chi connectivity index (χ3v) is 3.42. The summed E-state index contributed by atoms with van der Waals surface area (Å²) in [5, 5.41) is 0. The quantitative estimate of drug-likeness (QED) is 0.681. The van der Waals surface area contributed by atoms with Gasteiger partial charge in [-0.3, -0.25) is 0 Å². The maximum absolute atomic E-state index is 5.53. The Kier molecular flexibility index (Phi) is 2.99. The number of oxazole rings is 1. The fourth-order valence-corrected chi connectivity index (χ4v) is 2.36. The van der Waals surface area contributed by atoms with E-state index in [1.54, 1.807) is 0 Å². The molecule has 0 fully saturated rings. The van der Waals surface area contributed by atoms with Crippen LogP contribution < -0.4 is 0 Å². The molecule has 0 aliphatic carbocycles. The second kappa shape index (κ2) is 4.78. The molecule has 3 aromatic rings. The van der Waals surface area contributed by atoms with Gasteiger partial charge < -0.3 is 4.42 Å². The SMILES string of the molecule is Brc1ccccc1-c1ncoc1-c1ccccc1. The Morgan fingerprint density at radius 2 is 1.61 bits per heavy atom. The number of aromatic nitrogens is 1. The van der Waals surface area contributed by atoms with Crippen molar-refractivity contribution in [3.63, 3.8) is 0 Å². The van der Waals surface area contributed by atoms with E-state index in [0.717, 1.165) is 27.1 Å². The van der Waals surface area contributed by atoms with E-state index < -0.39 is 0 Å². The van der Waals surface area contributed by atoms with E-state index in [1.807, 2.05) is 54.6 Å². The van der Waals surface area contributed by atoms with Crippen LogP contribution in [0.1, 0.15) is 0 Å². The van der Waals surface area contributed by atoms with E-state index in [9.17, 15) is 0 Å². The van der Waals surface area contributed by atoms with Crippen molar-refractivity contribution >= 4 is 15.9 Å². The Bertz CT molecular complexity index is 661. The van der Waals surface area contributed by atoms with Gasteiger partial charge in [0, 0.05) is 15.6 Å². The molecule has 0 bridgehead atoms. The lowest BCUT2D eigenvalue weighted by atomic mass is 10.1. The molecule has 0 amide bonds. The maximum Gasteiger partial charge on any atom is 0.182 e. The van der Waals surface area contributed by atoms with Crippen molar-refractivity contribution < 1.29 is 4.42 Å². The molecule has 0 saturated heterocycles. The summed E-state index contributed by atoms with van der Waals surface area (Å²) in [6, 6.07) is 18.0. The van der Waals surface area contributed by atoms with E-state index in [2.05, 4.69) is 20.9 Å². The molecule has 18 heavy (non-hydrogen) atoms. The monoisotopic (exact) mass is 299 g/mol. The van der Waals surface area contributed by atoms with Crippen molar-refractivity contribution in [2.45, 2.75) is 0 Å². The minimum Gasteiger partial charge on any atom is -0.443 e. The van der Waals surface area contributed by atoms with Crippen molar-refractivity contribution in [3.05, 3.63) is 65.5 Å². The standard InChI is InChI=1S/C15H10BrNO/c16-13-9-5-4-8-12(13)14-15(18-10-17-14)11-6-2-1-3-7-11/h1-10H. The minimum atomic E-state index is 0.794. The lowest BCUT2D eigenvalue weighted by Crippen LogP contribution is -1.83. The average Bonchev–Trinajstić information content (AvgIpc) is 2.89. The molecule has 88 valence electrons. The van der Waals surface area contributed by atoms with Crippen LogP contribution in [0.15, 0.2) is 69.9 Å². The van der Waals surface area contributed by atoms with Crippen molar-refractivity contribution in [1.29, 1.82) is 0 Å². The van der Waals surface area contributed by atoms with Crippen LogP contribution in [0, 0.1) is 0 Å². The van der Waals surface area contributed by atoms with Crippen LogP contribution in [0.4, 0.5) is 0 Å². The normalized spacial score (nSPS) is 10.5. The van der Waals surface area contributed by atoms with Crippen LogP contribution in [0.5, 0.6) is 0 Å². The Morgan fingerprint density at radius 3 is 2.39 bits per heavy atom. The van der Waals surface area contributed by atoms with Gasteiger partial charge in [0.25, 0.3) is 0 Å². The van der Waals surface area contributed by atoms with Crippen molar-refractivity contribution in [2.24, 2.45) is 0 Å². The van der Waals surface area contributed by atoms with Gasteiger partial charge in [-0.15, -0.1) is 0 Å².